The Hall–Kier alpha value is -0.420. The summed E-state index contributed by atoms with van der Waals surface area (Å²) >= 11 is 0. The largest absolute Gasteiger partial charge is 0.389 e. The highest BCUT2D eigenvalue weighted by Crippen LogP contribution is 2.56. The van der Waals surface area contributed by atoms with E-state index in [0.29, 0.717) is 17.8 Å². The molecule has 0 aromatic carbocycles. The van der Waals surface area contributed by atoms with E-state index < -0.39 is 5.60 Å². The molecule has 0 amide bonds. The molecule has 1 heterocycles. The third-order valence-electron chi connectivity index (χ3n) is 8.27. The maximum Gasteiger partial charge on any atom is 0.0788 e. The predicted molar refractivity (Wildman–Crippen MR) is 107 cm³/mol. The first-order valence-electron chi connectivity index (χ1n) is 10.5. The molecule has 0 aromatic heterocycles. The molecule has 3 fully saturated rings. The lowest BCUT2D eigenvalue weighted by Gasteiger charge is -2.60. The molecule has 0 bridgehead atoms. The van der Waals surface area contributed by atoms with Gasteiger partial charge in [0.2, 0.25) is 0 Å². The monoisotopic (exact) mass is 364 g/mol. The number of rotatable bonds is 4. The predicted octanol–water partition coefficient (Wildman–Crippen LogP) is 3.25. The molecular formula is C22H40N2O2. The molecule has 8 atom stereocenters. The van der Waals surface area contributed by atoms with E-state index in [-0.39, 0.29) is 23.3 Å². The first-order valence-corrected chi connectivity index (χ1v) is 10.5. The summed E-state index contributed by atoms with van der Waals surface area (Å²) in [4.78, 5) is 0. The zero-order valence-electron chi connectivity index (χ0n) is 17.7. The Morgan fingerprint density at radius 3 is 2.23 bits per heavy atom. The van der Waals surface area contributed by atoms with E-state index in [2.05, 4.69) is 45.0 Å². The Kier molecular flexibility index (Phi) is 5.37. The zero-order chi connectivity index (χ0) is 19.3. The Labute approximate surface area is 160 Å². The minimum absolute atomic E-state index is 0.100. The van der Waals surface area contributed by atoms with Crippen molar-refractivity contribution in [3.63, 3.8) is 0 Å². The van der Waals surface area contributed by atoms with Crippen molar-refractivity contribution in [1.82, 2.24) is 10.6 Å². The van der Waals surface area contributed by atoms with Crippen LogP contribution in [0.3, 0.4) is 0 Å². The standard InChI is InChI=1S/C22H40N2O2/c1-14(2)17-10-13-22(5,26-17)16-8-11-20(3,24-7)15-9-12-21(4,25)19(23-6)18(15)16/h15-19,23-25H,1,8-13H2,2-7H3. The van der Waals surface area contributed by atoms with E-state index in [1.807, 2.05) is 14.0 Å². The summed E-state index contributed by atoms with van der Waals surface area (Å²) < 4.78 is 6.63. The van der Waals surface area contributed by atoms with Crippen LogP contribution < -0.4 is 10.6 Å². The molecule has 3 rings (SSSR count). The maximum absolute atomic E-state index is 11.2. The maximum atomic E-state index is 11.2. The minimum Gasteiger partial charge on any atom is -0.389 e. The van der Waals surface area contributed by atoms with Gasteiger partial charge in [-0.05, 0) is 98.1 Å². The molecule has 4 nitrogen and oxygen atoms in total. The second-order valence-corrected chi connectivity index (χ2v) is 9.96. The van der Waals surface area contributed by atoms with Crippen LogP contribution in [0.5, 0.6) is 0 Å². The van der Waals surface area contributed by atoms with Gasteiger partial charge in [0, 0.05) is 11.6 Å². The van der Waals surface area contributed by atoms with Crippen LogP contribution in [0.25, 0.3) is 0 Å². The smallest absolute Gasteiger partial charge is 0.0788 e. The lowest BCUT2D eigenvalue weighted by molar-refractivity contribution is -0.157. The second-order valence-electron chi connectivity index (χ2n) is 9.96. The van der Waals surface area contributed by atoms with Crippen LogP contribution in [-0.2, 0) is 4.74 Å². The molecule has 3 N–H and O–H groups in total. The Morgan fingerprint density at radius 1 is 1.04 bits per heavy atom. The summed E-state index contributed by atoms with van der Waals surface area (Å²) in [5, 5.41) is 18.3. The number of hydrogen-bond donors (Lipinski definition) is 3. The molecule has 0 radical (unpaired) electrons. The van der Waals surface area contributed by atoms with E-state index in [1.165, 1.54) is 6.42 Å². The lowest BCUT2D eigenvalue weighted by atomic mass is 9.51. The quantitative estimate of drug-likeness (QED) is 0.670. The molecule has 1 saturated heterocycles. The normalized spacial score (nSPS) is 51.9. The number of hydrogen-bond acceptors (Lipinski definition) is 4. The van der Waals surface area contributed by atoms with Crippen LogP contribution in [0.2, 0.25) is 0 Å². The first-order chi connectivity index (χ1) is 12.1. The van der Waals surface area contributed by atoms with Crippen molar-refractivity contribution in [3.8, 4) is 0 Å². The summed E-state index contributed by atoms with van der Waals surface area (Å²) in [6, 6.07) is 0.100. The SMILES string of the molecule is C=C(C)C1CCC(C)(C2CCC(C)(NC)C3CCC(C)(O)C(NC)C32)O1. The molecule has 0 spiro atoms. The highest BCUT2D eigenvalue weighted by atomic mass is 16.5. The number of fused-ring (bicyclic) bond motifs is 1. The molecular weight excluding hydrogens is 324 g/mol. The van der Waals surface area contributed by atoms with E-state index in [4.69, 9.17) is 4.74 Å². The highest BCUT2D eigenvalue weighted by molar-refractivity contribution is 5.14. The summed E-state index contributed by atoms with van der Waals surface area (Å²) in [6.45, 7) is 12.9. The molecule has 4 heteroatoms. The van der Waals surface area contributed by atoms with Gasteiger partial charge in [0.25, 0.3) is 0 Å². The van der Waals surface area contributed by atoms with Gasteiger partial charge < -0.3 is 20.5 Å². The third-order valence-corrected chi connectivity index (χ3v) is 8.27. The van der Waals surface area contributed by atoms with Crippen molar-refractivity contribution in [1.29, 1.82) is 0 Å². The van der Waals surface area contributed by atoms with Gasteiger partial charge in [-0.25, -0.2) is 0 Å². The van der Waals surface area contributed by atoms with Crippen molar-refractivity contribution in [2.75, 3.05) is 14.1 Å². The van der Waals surface area contributed by atoms with Crippen molar-refractivity contribution in [2.45, 2.75) is 95.1 Å². The molecule has 8 unspecified atom stereocenters. The van der Waals surface area contributed by atoms with Gasteiger partial charge in [0.15, 0.2) is 0 Å². The van der Waals surface area contributed by atoms with Crippen LogP contribution in [0, 0.1) is 17.8 Å². The lowest BCUT2D eigenvalue weighted by Crippen LogP contribution is -2.68. The van der Waals surface area contributed by atoms with E-state index >= 15 is 0 Å². The van der Waals surface area contributed by atoms with Crippen molar-refractivity contribution < 1.29 is 9.84 Å². The average molecular weight is 365 g/mol. The summed E-state index contributed by atoms with van der Waals surface area (Å²) in [5.74, 6) is 1.42. The number of nitrogens with one attached hydrogen (secondary N) is 2. The Bertz CT molecular complexity index is 548. The summed E-state index contributed by atoms with van der Waals surface area (Å²) in [7, 11) is 4.11. The van der Waals surface area contributed by atoms with Crippen LogP contribution in [0.15, 0.2) is 12.2 Å². The molecule has 0 aromatic rings. The molecule has 26 heavy (non-hydrogen) atoms. The number of aliphatic hydroxyl groups is 1. The zero-order valence-corrected chi connectivity index (χ0v) is 17.7. The molecule has 3 aliphatic rings. The van der Waals surface area contributed by atoms with Crippen LogP contribution in [0.4, 0.5) is 0 Å². The van der Waals surface area contributed by atoms with Crippen LogP contribution in [0.1, 0.15) is 66.2 Å². The van der Waals surface area contributed by atoms with Gasteiger partial charge in [-0.3, -0.25) is 0 Å². The van der Waals surface area contributed by atoms with Gasteiger partial charge in [-0.2, -0.15) is 0 Å². The van der Waals surface area contributed by atoms with Crippen molar-refractivity contribution in [3.05, 3.63) is 12.2 Å². The molecule has 150 valence electrons. The second kappa shape index (κ2) is 6.88. The van der Waals surface area contributed by atoms with Crippen LogP contribution in [-0.4, -0.2) is 48.1 Å². The molecule has 2 aliphatic carbocycles. The summed E-state index contributed by atoms with van der Waals surface area (Å²) in [5.41, 5.74) is 0.490. The molecule has 2 saturated carbocycles. The van der Waals surface area contributed by atoms with E-state index in [0.717, 1.165) is 37.7 Å². The average Bonchev–Trinajstić information content (AvgIpc) is 2.98. The van der Waals surface area contributed by atoms with E-state index in [9.17, 15) is 5.11 Å². The van der Waals surface area contributed by atoms with Gasteiger partial charge in [-0.15, -0.1) is 0 Å². The van der Waals surface area contributed by atoms with Crippen molar-refractivity contribution >= 4 is 0 Å². The van der Waals surface area contributed by atoms with E-state index in [1.54, 1.807) is 0 Å². The number of ether oxygens (including phenoxy) is 1. The topological polar surface area (TPSA) is 53.5 Å². The minimum atomic E-state index is -0.664. The van der Waals surface area contributed by atoms with Crippen LogP contribution >= 0.6 is 0 Å². The van der Waals surface area contributed by atoms with Gasteiger partial charge >= 0.3 is 0 Å². The fraction of sp³-hybridized carbons (Fsp3) is 0.909. The van der Waals surface area contributed by atoms with Gasteiger partial charge in [-0.1, -0.05) is 12.2 Å². The van der Waals surface area contributed by atoms with Gasteiger partial charge in [0.1, 0.15) is 0 Å². The summed E-state index contributed by atoms with van der Waals surface area (Å²) in [6.07, 6.45) is 6.60. The Balaban J connectivity index is 1.96. The molecule has 1 aliphatic heterocycles. The number of likely N-dealkylation sites (N-methyl/N-ethyl adjacent to an activating group) is 1. The van der Waals surface area contributed by atoms with Crippen molar-refractivity contribution in [2.24, 2.45) is 17.8 Å². The fourth-order valence-electron chi connectivity index (χ4n) is 6.54. The van der Waals surface area contributed by atoms with Gasteiger partial charge in [0.05, 0.1) is 17.3 Å². The Morgan fingerprint density at radius 2 is 1.69 bits per heavy atom. The fourth-order valence-corrected chi connectivity index (χ4v) is 6.54. The highest BCUT2D eigenvalue weighted by Gasteiger charge is 2.59. The third kappa shape index (κ3) is 3.17. The first kappa shape index (κ1) is 20.3.